The molecule has 15 heteroatoms. The van der Waals surface area contributed by atoms with Crippen LogP contribution >= 0.6 is 0 Å². The molecule has 0 saturated heterocycles. The van der Waals surface area contributed by atoms with Gasteiger partial charge in [0.1, 0.15) is 45.5 Å². The molecule has 0 aliphatic heterocycles. The van der Waals surface area contributed by atoms with E-state index < -0.39 is 77.7 Å². The zero-order valence-electron chi connectivity index (χ0n) is 19.6. The quantitative estimate of drug-likeness (QED) is 0.279. The molecule has 0 saturated carbocycles. The van der Waals surface area contributed by atoms with Gasteiger partial charge in [-0.2, -0.15) is 5.10 Å². The number of hydrogen-bond donors (Lipinski definition) is 2. The van der Waals surface area contributed by atoms with Crippen molar-refractivity contribution in [2.75, 3.05) is 12.4 Å². The largest absolute Gasteiger partial charge is 0.480 e. The van der Waals surface area contributed by atoms with Gasteiger partial charge in [-0.05, 0) is 18.2 Å². The third kappa shape index (κ3) is 4.67. The molecule has 2 N–H and O–H groups in total. The number of nitrogens with zero attached hydrogens (tertiary/aromatic N) is 3. The van der Waals surface area contributed by atoms with E-state index in [1.165, 1.54) is 12.3 Å². The number of benzene rings is 2. The molecule has 0 fully saturated rings. The van der Waals surface area contributed by atoms with Crippen LogP contribution in [0.1, 0.15) is 16.1 Å². The van der Waals surface area contributed by atoms with E-state index in [1.807, 2.05) is 0 Å². The summed E-state index contributed by atoms with van der Waals surface area (Å²) in [5.41, 5.74) is -2.26. The number of amides is 1. The lowest BCUT2D eigenvalue weighted by Crippen LogP contribution is -2.12. The van der Waals surface area contributed by atoms with Crippen molar-refractivity contribution in [2.45, 2.75) is 10.6 Å². The van der Waals surface area contributed by atoms with E-state index in [2.05, 4.69) is 30.2 Å². The van der Waals surface area contributed by atoms with Crippen LogP contribution in [0.4, 0.5) is 23.2 Å². The van der Waals surface area contributed by atoms with Crippen LogP contribution in [0.5, 0.6) is 5.88 Å². The van der Waals surface area contributed by atoms with Crippen molar-refractivity contribution in [2.24, 2.45) is 0 Å². The summed E-state index contributed by atoms with van der Waals surface area (Å²) in [7, 11) is -3.32. The molecule has 5 aromatic rings. The fraction of sp³-hybridized carbons (Fsp3) is 0.0833. The van der Waals surface area contributed by atoms with E-state index in [-0.39, 0.29) is 16.8 Å². The number of hydrogen-bond acceptors (Lipinski definition) is 8. The zero-order valence-corrected chi connectivity index (χ0v) is 20.4. The van der Waals surface area contributed by atoms with E-state index >= 15 is 8.78 Å². The van der Waals surface area contributed by atoms with Gasteiger partial charge >= 0.3 is 0 Å². The Labute approximate surface area is 216 Å². The summed E-state index contributed by atoms with van der Waals surface area (Å²) in [6.07, 6.45) is 3.13. The summed E-state index contributed by atoms with van der Waals surface area (Å²) in [6.45, 7) is 0. The molecule has 0 atom stereocenters. The van der Waals surface area contributed by atoms with Gasteiger partial charge in [0.05, 0.1) is 30.8 Å². The molecule has 0 spiro atoms. The molecule has 3 heterocycles. The predicted molar refractivity (Wildman–Crippen MR) is 127 cm³/mol. The van der Waals surface area contributed by atoms with Gasteiger partial charge in [-0.15, -0.1) is 0 Å². The van der Waals surface area contributed by atoms with E-state index in [0.717, 1.165) is 37.8 Å². The Morgan fingerprint density at radius 3 is 2.62 bits per heavy atom. The van der Waals surface area contributed by atoms with E-state index in [0.29, 0.717) is 6.07 Å². The molecule has 5 rings (SSSR count). The monoisotopic (exact) mass is 561 g/mol. The standard InChI is InChI=1S/C24H15F4N5O5S/c1-37-24-17(6-12(25)7-29-24)39(35,36)10-11-2-5-16(26)18(19(11)27)14-3-4-15-21(20(14)28)32-33-22(15)23(34)31-13-8-30-38-9-13/h2-9H,10H2,1H3,(H,31,34)(H,32,33). The predicted octanol–water partition coefficient (Wildman–Crippen LogP) is 4.40. The van der Waals surface area contributed by atoms with E-state index in [4.69, 9.17) is 4.74 Å². The Hall–Kier alpha value is -4.79. The third-order valence-corrected chi connectivity index (χ3v) is 7.34. The molecule has 0 radical (unpaired) electrons. The Balaban J connectivity index is 1.54. The van der Waals surface area contributed by atoms with Crippen LogP contribution < -0.4 is 10.1 Å². The van der Waals surface area contributed by atoms with Gasteiger partial charge in [-0.1, -0.05) is 17.3 Å². The summed E-state index contributed by atoms with van der Waals surface area (Å²) in [5, 5.41) is 12.1. The van der Waals surface area contributed by atoms with Crippen molar-refractivity contribution in [3.63, 3.8) is 0 Å². The first-order valence-electron chi connectivity index (χ1n) is 10.9. The second kappa shape index (κ2) is 9.83. The second-order valence-corrected chi connectivity index (χ2v) is 10.1. The van der Waals surface area contributed by atoms with Crippen LogP contribution in [0.15, 0.2) is 58.4 Å². The minimum Gasteiger partial charge on any atom is -0.480 e. The van der Waals surface area contributed by atoms with E-state index in [1.54, 1.807) is 0 Å². The minimum absolute atomic E-state index is 0.00968. The summed E-state index contributed by atoms with van der Waals surface area (Å²) in [4.78, 5) is 15.4. The molecule has 0 bridgehead atoms. The summed E-state index contributed by atoms with van der Waals surface area (Å²) in [6, 6.07) is 4.57. The van der Waals surface area contributed by atoms with Gasteiger partial charge in [-0.3, -0.25) is 9.89 Å². The van der Waals surface area contributed by atoms with Crippen molar-refractivity contribution in [1.82, 2.24) is 20.3 Å². The number of H-pyrrole nitrogens is 1. The number of aromatic amines is 1. The number of nitrogens with one attached hydrogen (secondary N) is 2. The number of aromatic nitrogens is 4. The van der Waals surface area contributed by atoms with Crippen molar-refractivity contribution < 1.29 is 40.0 Å². The SMILES string of the molecule is COc1ncc(F)cc1S(=O)(=O)Cc1ccc(F)c(-c2ccc3c(C(=O)Nc4cnoc4)[nH]nc3c2F)c1F. The molecule has 39 heavy (non-hydrogen) atoms. The number of carbonyl (C=O) groups is 1. The number of ether oxygens (including phenoxy) is 1. The number of pyridine rings is 1. The van der Waals surface area contributed by atoms with Gasteiger partial charge in [0, 0.05) is 16.5 Å². The number of rotatable bonds is 7. The third-order valence-electron chi connectivity index (χ3n) is 5.68. The maximum Gasteiger partial charge on any atom is 0.274 e. The molecule has 0 aliphatic carbocycles. The zero-order chi connectivity index (χ0) is 27.9. The first-order valence-corrected chi connectivity index (χ1v) is 12.5. The maximum absolute atomic E-state index is 15.6. The summed E-state index contributed by atoms with van der Waals surface area (Å²) < 4.78 is 95.0. The van der Waals surface area contributed by atoms with Crippen LogP contribution in [-0.4, -0.2) is 41.8 Å². The number of carbonyl (C=O) groups excluding carboxylic acids is 1. The normalized spacial score (nSPS) is 11.6. The smallest absolute Gasteiger partial charge is 0.274 e. The number of anilines is 1. The Morgan fingerprint density at radius 1 is 1.10 bits per heavy atom. The molecule has 200 valence electrons. The van der Waals surface area contributed by atoms with Crippen molar-refractivity contribution >= 4 is 32.3 Å². The van der Waals surface area contributed by atoms with Gasteiger partial charge in [0.15, 0.2) is 15.7 Å². The average Bonchev–Trinajstić information content (AvgIpc) is 3.57. The lowest BCUT2D eigenvalue weighted by atomic mass is 9.99. The van der Waals surface area contributed by atoms with Crippen molar-refractivity contribution in [3.8, 4) is 17.0 Å². The first-order chi connectivity index (χ1) is 18.6. The van der Waals surface area contributed by atoms with Crippen LogP contribution in [0.25, 0.3) is 22.0 Å². The molecule has 3 aromatic heterocycles. The lowest BCUT2D eigenvalue weighted by molar-refractivity contribution is 0.102. The highest BCUT2D eigenvalue weighted by molar-refractivity contribution is 7.90. The van der Waals surface area contributed by atoms with Gasteiger partial charge in [0.2, 0.25) is 5.88 Å². The van der Waals surface area contributed by atoms with Crippen molar-refractivity contribution in [1.29, 1.82) is 0 Å². The fourth-order valence-corrected chi connectivity index (χ4v) is 5.38. The molecular weight excluding hydrogens is 546 g/mol. The molecule has 0 unspecified atom stereocenters. The van der Waals surface area contributed by atoms with Crippen LogP contribution in [-0.2, 0) is 15.6 Å². The molecule has 10 nitrogen and oxygen atoms in total. The number of methoxy groups -OCH3 is 1. The number of halogens is 4. The topological polar surface area (TPSA) is 140 Å². The minimum atomic E-state index is -4.44. The van der Waals surface area contributed by atoms with Gasteiger partial charge in [-0.25, -0.2) is 31.0 Å². The Morgan fingerprint density at radius 2 is 1.90 bits per heavy atom. The maximum atomic E-state index is 15.6. The molecule has 0 aliphatic rings. The molecule has 2 aromatic carbocycles. The highest BCUT2D eigenvalue weighted by Gasteiger charge is 2.28. The average molecular weight is 561 g/mol. The lowest BCUT2D eigenvalue weighted by Gasteiger charge is -2.13. The Kier molecular flexibility index (Phi) is 6.51. The summed E-state index contributed by atoms with van der Waals surface area (Å²) in [5.74, 6) is -6.84. The van der Waals surface area contributed by atoms with Crippen LogP contribution in [0, 0.1) is 23.3 Å². The van der Waals surface area contributed by atoms with Gasteiger partial charge < -0.3 is 14.6 Å². The number of fused-ring (bicyclic) bond motifs is 1. The first kappa shape index (κ1) is 25.8. The second-order valence-electron chi connectivity index (χ2n) is 8.10. The number of sulfone groups is 1. The van der Waals surface area contributed by atoms with Crippen LogP contribution in [0.2, 0.25) is 0 Å². The highest BCUT2D eigenvalue weighted by atomic mass is 32.2. The fourth-order valence-electron chi connectivity index (χ4n) is 3.89. The molecular formula is C24H15F4N5O5S. The van der Waals surface area contributed by atoms with Crippen LogP contribution in [0.3, 0.4) is 0 Å². The van der Waals surface area contributed by atoms with E-state index in [9.17, 15) is 22.0 Å². The Bertz CT molecular complexity index is 1840. The summed E-state index contributed by atoms with van der Waals surface area (Å²) >= 11 is 0. The van der Waals surface area contributed by atoms with Crippen molar-refractivity contribution in [3.05, 3.63) is 83.5 Å². The van der Waals surface area contributed by atoms with Gasteiger partial charge in [0.25, 0.3) is 5.91 Å². The molecule has 1 amide bonds. The highest BCUT2D eigenvalue weighted by Crippen LogP contribution is 2.35.